The number of unbranched alkanes of at least 4 members (excludes halogenated alkanes) is 6. The minimum Gasteiger partial charge on any atom is -0.421 e. The average Bonchev–Trinajstić information content (AvgIpc) is 3.52. The van der Waals surface area contributed by atoms with Crippen LogP contribution in [0.1, 0.15) is 44.9 Å². The van der Waals surface area contributed by atoms with Crippen LogP contribution in [-0.4, -0.2) is 64.8 Å². The largest absolute Gasteiger partial charge is 0.480 e. The number of hydrogen-bond donors (Lipinski definition) is 0. The highest BCUT2D eigenvalue weighted by molar-refractivity contribution is 8.13. The zero-order valence-corrected chi connectivity index (χ0v) is 29.2. The number of halogens is 12. The molecule has 300 valence electrons. The molecule has 2 rings (SSSR count). The maximum absolute atomic E-state index is 11.4. The van der Waals surface area contributed by atoms with Crippen LogP contribution in [-0.2, 0) is 67.3 Å². The van der Waals surface area contributed by atoms with Gasteiger partial charge in [-0.05, 0) is 25.7 Å². The smallest absolute Gasteiger partial charge is 0.421 e. The third-order valence-electron chi connectivity index (χ3n) is 5.54. The molecule has 0 atom stereocenters. The van der Waals surface area contributed by atoms with E-state index in [-0.39, 0.29) is 0 Å². The zero-order valence-electron chi connectivity index (χ0n) is 25.9. The first-order valence-electron chi connectivity index (χ1n) is 13.4. The Bertz CT molecular complexity index is 1600. The summed E-state index contributed by atoms with van der Waals surface area (Å²) in [5, 5.41) is 0. The molecule has 0 spiro atoms. The van der Waals surface area contributed by atoms with E-state index in [1.54, 1.807) is 0 Å². The van der Waals surface area contributed by atoms with Gasteiger partial charge in [0.15, 0.2) is 40.1 Å². The van der Waals surface area contributed by atoms with Gasteiger partial charge in [0, 0.05) is 0 Å². The normalized spacial score (nSPS) is 13.6. The van der Waals surface area contributed by atoms with Crippen LogP contribution in [0.15, 0.2) is 37.4 Å². The number of imidazole rings is 2. The van der Waals surface area contributed by atoms with Gasteiger partial charge in [-0.1, -0.05) is 19.3 Å². The van der Waals surface area contributed by atoms with Gasteiger partial charge in [0.05, 0.1) is 27.2 Å². The van der Waals surface area contributed by atoms with E-state index in [1.807, 2.05) is 0 Å². The molecule has 0 fully saturated rings. The molecule has 0 saturated heterocycles. The lowest BCUT2D eigenvalue weighted by Crippen LogP contribution is -2.30. The number of sulfonamides is 4. The fourth-order valence-electron chi connectivity index (χ4n) is 3.17. The second-order valence-electron chi connectivity index (χ2n) is 9.94. The Labute approximate surface area is 284 Å². The molecule has 2 aromatic heterocycles. The van der Waals surface area contributed by atoms with Crippen molar-refractivity contribution in [1.29, 1.82) is 0 Å². The fourth-order valence-corrected chi connectivity index (χ4v) is 6.59. The third kappa shape index (κ3) is 17.1. The summed E-state index contributed by atoms with van der Waals surface area (Å²) in [4.78, 5) is 0. The van der Waals surface area contributed by atoms with Gasteiger partial charge in [-0.15, -0.1) is 0 Å². The van der Waals surface area contributed by atoms with Crippen molar-refractivity contribution in [2.75, 3.05) is 0 Å². The Morgan fingerprint density at radius 3 is 0.843 bits per heavy atom. The summed E-state index contributed by atoms with van der Waals surface area (Å²) in [6, 6.07) is 0. The quantitative estimate of drug-likeness (QED) is 0.151. The first-order chi connectivity index (χ1) is 22.7. The highest BCUT2D eigenvalue weighted by atomic mass is 32.3. The van der Waals surface area contributed by atoms with Crippen LogP contribution in [0.25, 0.3) is 8.25 Å². The Kier molecular flexibility index (Phi) is 17.4. The second-order valence-corrected chi connectivity index (χ2v) is 16.8. The molecule has 0 aliphatic heterocycles. The average molecular weight is 851 g/mol. The molecule has 0 amide bonds. The van der Waals surface area contributed by atoms with Crippen LogP contribution in [0, 0.1) is 0 Å². The minimum absolute atomic E-state index is 0.778. The van der Waals surface area contributed by atoms with Gasteiger partial charge in [0.25, 0.3) is 0 Å². The van der Waals surface area contributed by atoms with Crippen molar-refractivity contribution < 1.29 is 95.5 Å². The summed E-state index contributed by atoms with van der Waals surface area (Å²) in [6.45, 7) is 2.32. The molecule has 0 N–H and O–H groups in total. The molecule has 2 aromatic rings. The van der Waals surface area contributed by atoms with Crippen LogP contribution in [0.2, 0.25) is 0 Å². The van der Waals surface area contributed by atoms with Gasteiger partial charge < -0.3 is 8.25 Å². The van der Waals surface area contributed by atoms with Gasteiger partial charge >= 0.3 is 22.0 Å². The Balaban J connectivity index is 0.000000756. The van der Waals surface area contributed by atoms with Gasteiger partial charge in [0.1, 0.15) is 24.8 Å². The molecule has 2 heterocycles. The third-order valence-corrected chi connectivity index (χ3v) is 11.0. The van der Waals surface area contributed by atoms with Crippen LogP contribution < -0.4 is 9.13 Å². The fraction of sp³-hybridized carbons (Fsp3) is 0.714. The van der Waals surface area contributed by atoms with Gasteiger partial charge in [-0.2, -0.15) is 52.7 Å². The number of nitrogens with zero attached hydrogens (tertiary/aromatic N) is 6. The highest BCUT2D eigenvalue weighted by Crippen LogP contribution is 2.37. The predicted octanol–water partition coefficient (Wildman–Crippen LogP) is 4.49. The van der Waals surface area contributed by atoms with Gasteiger partial charge in [-0.3, -0.25) is 0 Å². The molecular formula is C21H30F12N6O8S4. The molecular weight excluding hydrogens is 821 g/mol. The second kappa shape index (κ2) is 18.4. The molecule has 0 aliphatic carbocycles. The summed E-state index contributed by atoms with van der Waals surface area (Å²) in [6.07, 6.45) is 22.3. The summed E-state index contributed by atoms with van der Waals surface area (Å²) >= 11 is 0. The van der Waals surface area contributed by atoms with E-state index in [4.69, 9.17) is 0 Å². The minimum atomic E-state index is -6.72. The van der Waals surface area contributed by atoms with E-state index >= 15 is 0 Å². The van der Waals surface area contributed by atoms with Gasteiger partial charge in [-0.25, -0.2) is 51.9 Å². The zero-order chi connectivity index (χ0) is 40.3. The molecule has 51 heavy (non-hydrogen) atoms. The molecule has 0 saturated carbocycles. The van der Waals surface area contributed by atoms with Crippen molar-refractivity contribution in [2.24, 2.45) is 14.1 Å². The lowest BCUT2D eigenvalue weighted by molar-refractivity contribution is -0.671. The predicted molar refractivity (Wildman–Crippen MR) is 150 cm³/mol. The molecule has 0 unspecified atom stereocenters. The maximum atomic E-state index is 11.4. The summed E-state index contributed by atoms with van der Waals surface area (Å²) in [7, 11) is -22.7. The summed E-state index contributed by atoms with van der Waals surface area (Å²) < 4.78 is 227. The van der Waals surface area contributed by atoms with Crippen molar-refractivity contribution in [3.8, 4) is 0 Å². The van der Waals surface area contributed by atoms with Crippen LogP contribution >= 0.6 is 0 Å². The van der Waals surface area contributed by atoms with Crippen LogP contribution in [0.4, 0.5) is 52.7 Å². The SMILES string of the molecule is C[n+]1ccn(CCCCCCCCCn2cc[n+](C)c2)c1.O=S(=O)([N-]S(=O)(=O)C(F)(F)F)C(F)(F)F.O=S(=O)([N-]S(=O)(=O)C(F)(F)F)C(F)(F)F. The summed E-state index contributed by atoms with van der Waals surface area (Å²) in [5.74, 6) is 0. The van der Waals surface area contributed by atoms with E-state index in [2.05, 4.69) is 69.8 Å². The van der Waals surface area contributed by atoms with Crippen LogP contribution in [0.5, 0.6) is 0 Å². The Morgan fingerprint density at radius 2 is 0.667 bits per heavy atom. The van der Waals surface area contributed by atoms with E-state index in [9.17, 15) is 86.4 Å². The van der Waals surface area contributed by atoms with E-state index in [0.717, 1.165) is 21.3 Å². The molecule has 0 aliphatic rings. The number of aromatic nitrogens is 4. The summed E-state index contributed by atoms with van der Waals surface area (Å²) in [5.41, 5.74) is -24.8. The molecule has 14 nitrogen and oxygen atoms in total. The molecule has 30 heteroatoms. The van der Waals surface area contributed by atoms with Crippen molar-refractivity contribution in [3.05, 3.63) is 45.7 Å². The number of rotatable bonds is 14. The van der Waals surface area contributed by atoms with Gasteiger partial charge in [0.2, 0.25) is 12.7 Å². The molecule has 0 radical (unpaired) electrons. The lowest BCUT2D eigenvalue weighted by atomic mass is 10.1. The first-order valence-corrected chi connectivity index (χ1v) is 19.2. The van der Waals surface area contributed by atoms with E-state index in [0.29, 0.717) is 0 Å². The molecule has 0 aromatic carbocycles. The van der Waals surface area contributed by atoms with Crippen LogP contribution in [0.3, 0.4) is 0 Å². The van der Waals surface area contributed by atoms with Crippen molar-refractivity contribution in [2.45, 2.75) is 80.1 Å². The number of alkyl halides is 12. The topological polar surface area (TPSA) is 182 Å². The Hall–Kier alpha value is -2.70. The molecule has 0 bridgehead atoms. The first kappa shape index (κ1) is 48.3. The van der Waals surface area contributed by atoms with Crippen molar-refractivity contribution in [1.82, 2.24) is 9.13 Å². The number of hydrogen-bond acceptors (Lipinski definition) is 8. The monoisotopic (exact) mass is 850 g/mol. The van der Waals surface area contributed by atoms with E-state index in [1.165, 1.54) is 44.9 Å². The van der Waals surface area contributed by atoms with E-state index < -0.39 is 62.1 Å². The highest BCUT2D eigenvalue weighted by Gasteiger charge is 2.48. The maximum Gasteiger partial charge on any atom is 0.480 e. The lowest BCUT2D eigenvalue weighted by Gasteiger charge is -2.22. The van der Waals surface area contributed by atoms with Crippen molar-refractivity contribution >= 4 is 40.1 Å². The number of aryl methyl sites for hydroxylation is 4. The standard InChI is InChI=1S/C17H30N4.2C2F6NO4S2/c1-18-12-14-20(16-18)10-8-6-4-3-5-7-9-11-21-15-13-19(2)17-21;2*3-1(4,5)14(10,11)9-15(12,13)2(6,7)8/h12-17H,3-11H2,1-2H3;;/q+2;2*-1. The van der Waals surface area contributed by atoms with Crippen molar-refractivity contribution in [3.63, 3.8) is 0 Å². The Morgan fingerprint density at radius 1 is 0.451 bits per heavy atom.